The lowest BCUT2D eigenvalue weighted by Crippen LogP contribution is -2.42. The van der Waals surface area contributed by atoms with Gasteiger partial charge in [0.25, 0.3) is 0 Å². The van der Waals surface area contributed by atoms with E-state index in [1.54, 1.807) is 25.8 Å². The van der Waals surface area contributed by atoms with E-state index in [2.05, 4.69) is 15.3 Å². The minimum absolute atomic E-state index is 0.00505. The summed E-state index contributed by atoms with van der Waals surface area (Å²) >= 11 is 0. The molecule has 1 spiro atoms. The van der Waals surface area contributed by atoms with E-state index in [0.717, 1.165) is 31.2 Å². The van der Waals surface area contributed by atoms with Crippen molar-refractivity contribution in [2.45, 2.75) is 63.5 Å². The quantitative estimate of drug-likeness (QED) is 0.477. The van der Waals surface area contributed by atoms with E-state index >= 15 is 4.39 Å². The van der Waals surface area contributed by atoms with Crippen molar-refractivity contribution in [2.75, 3.05) is 30.5 Å². The van der Waals surface area contributed by atoms with Crippen LogP contribution in [-0.2, 0) is 20.9 Å². The molecule has 0 aliphatic carbocycles. The number of halogens is 3. The van der Waals surface area contributed by atoms with Gasteiger partial charge in [-0.25, -0.2) is 14.4 Å². The van der Waals surface area contributed by atoms with Gasteiger partial charge in [0.1, 0.15) is 23.1 Å². The summed E-state index contributed by atoms with van der Waals surface area (Å²) in [6.07, 6.45) is 1.18. The van der Waals surface area contributed by atoms with Gasteiger partial charge in [-0.1, -0.05) is 12.1 Å². The maximum atomic E-state index is 15.4. The van der Waals surface area contributed by atoms with E-state index in [-0.39, 0.29) is 11.5 Å². The number of hydrogen-bond acceptors (Lipinski definition) is 6. The predicted octanol–water partition coefficient (Wildman–Crippen LogP) is 5.14. The summed E-state index contributed by atoms with van der Waals surface area (Å²) in [5.74, 6) is -4.01. The third kappa shape index (κ3) is 3.92. The number of carbonyl (C=O) groups is 1. The van der Waals surface area contributed by atoms with Crippen LogP contribution in [0.1, 0.15) is 62.2 Å². The highest BCUT2D eigenvalue weighted by molar-refractivity contribution is 6.10. The summed E-state index contributed by atoms with van der Waals surface area (Å²) in [6, 6.07) is 6.78. The van der Waals surface area contributed by atoms with Gasteiger partial charge in [0, 0.05) is 36.9 Å². The molecule has 3 heterocycles. The molecule has 2 N–H and O–H groups in total. The molecule has 0 saturated carbocycles. The van der Waals surface area contributed by atoms with E-state index in [4.69, 9.17) is 4.74 Å². The molecule has 0 bridgehead atoms. The van der Waals surface area contributed by atoms with E-state index in [9.17, 15) is 18.7 Å². The Kier molecular flexibility index (Phi) is 6.18. The topological polar surface area (TPSA) is 87.6 Å². The number of amides is 1. The van der Waals surface area contributed by atoms with E-state index < -0.39 is 34.4 Å². The van der Waals surface area contributed by atoms with E-state index in [1.165, 1.54) is 12.1 Å². The van der Waals surface area contributed by atoms with Crippen LogP contribution in [0.4, 0.5) is 24.7 Å². The Morgan fingerprint density at radius 2 is 1.87 bits per heavy atom. The Bertz CT molecular complexity index is 1430. The first-order valence-electron chi connectivity index (χ1n) is 12.6. The second-order valence-corrected chi connectivity index (χ2v) is 10.8. The lowest BCUT2D eigenvalue weighted by molar-refractivity contribution is -0.170. The molecule has 10 heteroatoms. The van der Waals surface area contributed by atoms with Gasteiger partial charge in [-0.2, -0.15) is 8.78 Å². The smallest absolute Gasteiger partial charge is 0.303 e. The molecule has 1 amide bonds. The first-order chi connectivity index (χ1) is 17.8. The maximum absolute atomic E-state index is 15.4. The van der Waals surface area contributed by atoms with E-state index in [0.29, 0.717) is 48.6 Å². The number of rotatable bonds is 5. The molecule has 0 radical (unpaired) electrons. The van der Waals surface area contributed by atoms with Crippen molar-refractivity contribution in [1.29, 1.82) is 0 Å². The molecule has 1 fully saturated rings. The highest BCUT2D eigenvalue weighted by Crippen LogP contribution is 2.49. The number of fused-ring (bicyclic) bond motifs is 3. The minimum atomic E-state index is -3.80. The zero-order valence-electron chi connectivity index (χ0n) is 22.0. The number of anilines is 2. The monoisotopic (exact) mass is 528 g/mol. The van der Waals surface area contributed by atoms with Crippen molar-refractivity contribution >= 4 is 28.3 Å². The number of likely N-dealkylation sites (N-methyl/N-ethyl adjacent to an activating group) is 1. The SMILES string of the molecule is Cc1nc(N[C@H](C)c2cccc(C(F)(F)C(C)(C)O)c2F)c2cc3c(cc2n1)C1(CCOCC1)C(=O)N3C. The van der Waals surface area contributed by atoms with Gasteiger partial charge in [0.15, 0.2) is 0 Å². The van der Waals surface area contributed by atoms with Crippen molar-refractivity contribution in [3.8, 4) is 0 Å². The summed E-state index contributed by atoms with van der Waals surface area (Å²) in [7, 11) is 1.74. The second-order valence-electron chi connectivity index (χ2n) is 10.8. The highest BCUT2D eigenvalue weighted by Gasteiger charge is 2.51. The van der Waals surface area contributed by atoms with Crippen LogP contribution >= 0.6 is 0 Å². The lowest BCUT2D eigenvalue weighted by Gasteiger charge is -2.32. The Labute approximate surface area is 219 Å². The molecule has 2 aliphatic heterocycles. The van der Waals surface area contributed by atoms with Crippen LogP contribution in [0, 0.1) is 12.7 Å². The van der Waals surface area contributed by atoms with Gasteiger partial charge in [0.05, 0.1) is 22.5 Å². The predicted molar refractivity (Wildman–Crippen MR) is 138 cm³/mol. The number of nitrogens with one attached hydrogen (secondary N) is 1. The molecule has 1 atom stereocenters. The highest BCUT2D eigenvalue weighted by atomic mass is 19.3. The number of aliphatic hydroxyl groups is 1. The number of benzene rings is 2. The first kappa shape index (κ1) is 26.4. The fraction of sp³-hybridized carbons (Fsp3) is 0.464. The van der Waals surface area contributed by atoms with Crippen molar-refractivity contribution in [3.63, 3.8) is 0 Å². The van der Waals surface area contributed by atoms with Gasteiger partial charge >= 0.3 is 5.92 Å². The van der Waals surface area contributed by atoms with Crippen LogP contribution < -0.4 is 10.2 Å². The van der Waals surface area contributed by atoms with Gasteiger partial charge in [-0.3, -0.25) is 4.79 Å². The van der Waals surface area contributed by atoms with Crippen LogP contribution in [0.2, 0.25) is 0 Å². The Morgan fingerprint density at radius 1 is 1.18 bits per heavy atom. The van der Waals surface area contributed by atoms with Gasteiger partial charge < -0.3 is 20.1 Å². The van der Waals surface area contributed by atoms with Crippen LogP contribution in [0.15, 0.2) is 30.3 Å². The van der Waals surface area contributed by atoms with Crippen molar-refractivity contribution in [1.82, 2.24) is 9.97 Å². The number of nitrogens with zero attached hydrogens (tertiary/aromatic N) is 3. The summed E-state index contributed by atoms with van der Waals surface area (Å²) in [4.78, 5) is 24.1. The van der Waals surface area contributed by atoms with Crippen LogP contribution in [-0.4, -0.2) is 46.8 Å². The fourth-order valence-electron chi connectivity index (χ4n) is 5.54. The molecule has 202 valence electrons. The average molecular weight is 529 g/mol. The fourth-order valence-corrected chi connectivity index (χ4v) is 5.54. The molecule has 0 unspecified atom stereocenters. The maximum Gasteiger partial charge on any atom is 0.303 e. The summed E-state index contributed by atoms with van der Waals surface area (Å²) in [6.45, 7) is 6.27. The molecular formula is C28H31F3N4O3. The zero-order chi connectivity index (χ0) is 27.6. The van der Waals surface area contributed by atoms with Crippen molar-refractivity contribution in [2.24, 2.45) is 0 Å². The van der Waals surface area contributed by atoms with Crippen LogP contribution in [0.25, 0.3) is 10.9 Å². The molecule has 7 nitrogen and oxygen atoms in total. The second kappa shape index (κ2) is 8.91. The standard InChI is InChI=1S/C28H31F3N4O3/c1-15(17-7-6-8-19(23(17)29)28(30,31)26(3,4)37)32-24-18-13-22-20(14-21(18)33-16(2)34-24)27(25(36)35(22)5)9-11-38-12-10-27/h6-8,13-15,37H,9-12H2,1-5H3,(H,32,33,34)/t15-/m1/s1. The van der Waals surface area contributed by atoms with Crippen molar-refractivity contribution < 1.29 is 27.8 Å². The molecule has 38 heavy (non-hydrogen) atoms. The zero-order valence-corrected chi connectivity index (χ0v) is 22.0. The Balaban J connectivity index is 1.57. The number of alkyl halides is 2. The van der Waals surface area contributed by atoms with Crippen LogP contribution in [0.3, 0.4) is 0 Å². The number of carbonyl (C=O) groups excluding carboxylic acids is 1. The third-order valence-corrected chi connectivity index (χ3v) is 7.82. The van der Waals surface area contributed by atoms with Gasteiger partial charge in [-0.15, -0.1) is 0 Å². The normalized spacial score (nSPS) is 18.2. The Hall–Kier alpha value is -3.24. The molecule has 1 aromatic heterocycles. The van der Waals surface area contributed by atoms with Gasteiger partial charge in [-0.05, 0) is 64.3 Å². The largest absolute Gasteiger partial charge is 0.384 e. The summed E-state index contributed by atoms with van der Waals surface area (Å²) < 4.78 is 50.6. The number of ether oxygens (including phenoxy) is 1. The third-order valence-electron chi connectivity index (χ3n) is 7.82. The number of hydrogen-bond donors (Lipinski definition) is 2. The summed E-state index contributed by atoms with van der Waals surface area (Å²) in [5.41, 5.74) is -1.68. The number of aromatic nitrogens is 2. The molecule has 2 aliphatic rings. The minimum Gasteiger partial charge on any atom is -0.384 e. The first-order valence-corrected chi connectivity index (χ1v) is 12.6. The number of aryl methyl sites for hydroxylation is 1. The lowest BCUT2D eigenvalue weighted by atomic mass is 9.75. The average Bonchev–Trinajstić information content (AvgIpc) is 3.04. The van der Waals surface area contributed by atoms with Crippen LogP contribution in [0.5, 0.6) is 0 Å². The molecule has 3 aromatic rings. The van der Waals surface area contributed by atoms with Crippen molar-refractivity contribution in [3.05, 3.63) is 58.7 Å². The molecule has 1 saturated heterocycles. The Morgan fingerprint density at radius 3 is 2.53 bits per heavy atom. The molecule has 2 aromatic carbocycles. The molecular weight excluding hydrogens is 497 g/mol. The summed E-state index contributed by atoms with van der Waals surface area (Å²) in [5, 5.41) is 13.8. The van der Waals surface area contributed by atoms with E-state index in [1.807, 2.05) is 12.1 Å². The van der Waals surface area contributed by atoms with Gasteiger partial charge in [0.2, 0.25) is 5.91 Å². The molecule has 5 rings (SSSR count).